The number of nitrogens with zero attached hydrogens (tertiary/aromatic N) is 1. The molecule has 0 atom stereocenters. The van der Waals surface area contributed by atoms with Gasteiger partial charge in [-0.2, -0.15) is 4.31 Å². The first-order chi connectivity index (χ1) is 9.00. The molecule has 0 amide bonds. The second-order valence-electron chi connectivity index (χ2n) is 4.34. The minimum absolute atomic E-state index is 0.104. The molecular weight excluding hydrogens is 266 g/mol. The third kappa shape index (κ3) is 3.21. The Hall–Kier alpha value is -1.66. The zero-order valence-electron chi connectivity index (χ0n) is 10.3. The summed E-state index contributed by atoms with van der Waals surface area (Å²) in [5.74, 6) is -0.934. The van der Waals surface area contributed by atoms with Crippen molar-refractivity contribution in [1.82, 2.24) is 4.31 Å². The number of sulfonamides is 1. The van der Waals surface area contributed by atoms with Crippen LogP contribution in [0.15, 0.2) is 41.3 Å². The molecule has 1 aromatic carbocycles. The first-order valence-electron chi connectivity index (χ1n) is 5.96. The second-order valence-corrected chi connectivity index (χ2v) is 6.28. The topological polar surface area (TPSA) is 74.7 Å². The number of benzene rings is 1. The van der Waals surface area contributed by atoms with Gasteiger partial charge in [-0.25, -0.2) is 8.42 Å². The molecule has 1 aromatic rings. The van der Waals surface area contributed by atoms with Gasteiger partial charge in [0.25, 0.3) is 0 Å². The van der Waals surface area contributed by atoms with Gasteiger partial charge in [0.1, 0.15) is 0 Å². The predicted octanol–water partition coefficient (Wildman–Crippen LogP) is 1.26. The predicted molar refractivity (Wildman–Crippen MR) is 70.3 cm³/mol. The minimum atomic E-state index is -3.47. The van der Waals surface area contributed by atoms with Crippen molar-refractivity contribution in [3.8, 4) is 0 Å². The molecule has 1 aliphatic rings. The molecule has 1 heterocycles. The zero-order chi connectivity index (χ0) is 13.9. The first-order valence-corrected chi connectivity index (χ1v) is 7.40. The van der Waals surface area contributed by atoms with Gasteiger partial charge in [0.2, 0.25) is 10.0 Å². The summed E-state index contributed by atoms with van der Waals surface area (Å²) in [6, 6.07) is 6.01. The lowest BCUT2D eigenvalue weighted by Gasteiger charge is -2.22. The molecule has 19 heavy (non-hydrogen) atoms. The summed E-state index contributed by atoms with van der Waals surface area (Å²) in [7, 11) is -3.47. The number of rotatable bonds is 4. The van der Waals surface area contributed by atoms with Gasteiger partial charge in [-0.05, 0) is 24.1 Å². The number of carboxylic acids is 1. The molecule has 5 nitrogen and oxygen atoms in total. The maximum absolute atomic E-state index is 12.3. The van der Waals surface area contributed by atoms with E-state index in [4.69, 9.17) is 5.11 Å². The van der Waals surface area contributed by atoms with Crippen LogP contribution in [0.4, 0.5) is 0 Å². The average molecular weight is 281 g/mol. The lowest BCUT2D eigenvalue weighted by molar-refractivity contribution is -0.136. The highest BCUT2D eigenvalue weighted by Crippen LogP contribution is 2.18. The Bertz CT molecular complexity index is 590. The lowest BCUT2D eigenvalue weighted by atomic mass is 10.2. The van der Waals surface area contributed by atoms with Crippen molar-refractivity contribution in [2.45, 2.75) is 17.7 Å². The summed E-state index contributed by atoms with van der Waals surface area (Å²) in [4.78, 5) is 10.8. The van der Waals surface area contributed by atoms with Crippen LogP contribution in [0.25, 0.3) is 0 Å². The van der Waals surface area contributed by atoms with Crippen LogP contribution in [0.3, 0.4) is 0 Å². The number of aliphatic carboxylic acids is 1. The molecule has 102 valence electrons. The molecule has 0 spiro atoms. The number of hydrogen-bond acceptors (Lipinski definition) is 3. The van der Waals surface area contributed by atoms with Crippen LogP contribution in [0, 0.1) is 0 Å². The highest BCUT2D eigenvalue weighted by Gasteiger charge is 2.24. The van der Waals surface area contributed by atoms with Gasteiger partial charge in [-0.3, -0.25) is 4.79 Å². The highest BCUT2D eigenvalue weighted by molar-refractivity contribution is 7.89. The molecule has 1 N–H and O–H groups in total. The van der Waals surface area contributed by atoms with E-state index in [1.807, 2.05) is 12.2 Å². The van der Waals surface area contributed by atoms with E-state index in [-0.39, 0.29) is 11.3 Å². The largest absolute Gasteiger partial charge is 0.481 e. The van der Waals surface area contributed by atoms with Crippen molar-refractivity contribution in [2.24, 2.45) is 0 Å². The molecular formula is C13H15NO4S. The summed E-state index contributed by atoms with van der Waals surface area (Å²) < 4.78 is 26.0. The van der Waals surface area contributed by atoms with Crippen LogP contribution in [0.1, 0.15) is 12.0 Å². The minimum Gasteiger partial charge on any atom is -0.481 e. The normalized spacial score (nSPS) is 16.4. The highest BCUT2D eigenvalue weighted by atomic mass is 32.2. The van der Waals surface area contributed by atoms with Gasteiger partial charge in [0.05, 0.1) is 11.3 Å². The maximum Gasteiger partial charge on any atom is 0.307 e. The summed E-state index contributed by atoms with van der Waals surface area (Å²) in [5, 5.41) is 8.67. The molecule has 6 heteroatoms. The van der Waals surface area contributed by atoms with E-state index in [2.05, 4.69) is 0 Å². The van der Waals surface area contributed by atoms with Gasteiger partial charge in [-0.15, -0.1) is 0 Å². The number of carbonyl (C=O) groups is 1. The smallest absolute Gasteiger partial charge is 0.307 e. The number of carboxylic acid groups (broad SMARTS) is 1. The average Bonchev–Trinajstić information content (AvgIpc) is 2.40. The molecule has 1 aliphatic heterocycles. The molecule has 0 saturated heterocycles. The Kier molecular flexibility index (Phi) is 4.01. The summed E-state index contributed by atoms with van der Waals surface area (Å²) in [6.45, 7) is 0.870. The van der Waals surface area contributed by atoms with E-state index >= 15 is 0 Å². The summed E-state index contributed by atoms with van der Waals surface area (Å²) in [6.07, 6.45) is 4.41. The fraction of sp³-hybridized carbons (Fsp3) is 0.308. The molecule has 0 unspecified atom stereocenters. The van der Waals surface area contributed by atoms with E-state index in [0.717, 1.165) is 6.42 Å². The van der Waals surface area contributed by atoms with Crippen molar-refractivity contribution in [3.05, 3.63) is 42.0 Å². The van der Waals surface area contributed by atoms with Gasteiger partial charge < -0.3 is 5.11 Å². The monoisotopic (exact) mass is 281 g/mol. The van der Waals surface area contributed by atoms with E-state index in [1.165, 1.54) is 16.4 Å². The van der Waals surface area contributed by atoms with Crippen LogP contribution in [0.5, 0.6) is 0 Å². The quantitative estimate of drug-likeness (QED) is 0.843. The van der Waals surface area contributed by atoms with Crippen molar-refractivity contribution in [1.29, 1.82) is 0 Å². The van der Waals surface area contributed by atoms with Gasteiger partial charge in [0, 0.05) is 13.1 Å². The molecule has 0 radical (unpaired) electrons. The van der Waals surface area contributed by atoms with E-state index in [0.29, 0.717) is 18.7 Å². The van der Waals surface area contributed by atoms with Crippen LogP contribution >= 0.6 is 0 Å². The molecule has 2 rings (SSSR count). The fourth-order valence-electron chi connectivity index (χ4n) is 1.94. The van der Waals surface area contributed by atoms with Gasteiger partial charge >= 0.3 is 5.97 Å². The Morgan fingerprint density at radius 1 is 1.21 bits per heavy atom. The van der Waals surface area contributed by atoms with Crippen molar-refractivity contribution >= 4 is 16.0 Å². The molecule has 0 saturated carbocycles. The van der Waals surface area contributed by atoms with Crippen molar-refractivity contribution in [3.63, 3.8) is 0 Å². The molecule has 0 aromatic heterocycles. The number of hydrogen-bond donors (Lipinski definition) is 1. The Balaban J connectivity index is 2.21. The zero-order valence-corrected chi connectivity index (χ0v) is 11.1. The Morgan fingerprint density at radius 2 is 1.89 bits per heavy atom. The summed E-state index contributed by atoms with van der Waals surface area (Å²) in [5.41, 5.74) is 0.588. The molecule has 0 fully saturated rings. The van der Waals surface area contributed by atoms with Crippen LogP contribution < -0.4 is 0 Å². The Labute approximate surface area is 112 Å². The lowest BCUT2D eigenvalue weighted by Crippen LogP contribution is -2.33. The third-order valence-electron chi connectivity index (χ3n) is 2.94. The van der Waals surface area contributed by atoms with E-state index < -0.39 is 16.0 Å². The molecule has 0 aliphatic carbocycles. The Morgan fingerprint density at radius 3 is 2.42 bits per heavy atom. The summed E-state index contributed by atoms with van der Waals surface area (Å²) >= 11 is 0. The van der Waals surface area contributed by atoms with Gasteiger partial charge in [0.15, 0.2) is 0 Å². The fourth-order valence-corrected chi connectivity index (χ4v) is 3.35. The van der Waals surface area contributed by atoms with Crippen LogP contribution in [-0.4, -0.2) is 36.9 Å². The van der Waals surface area contributed by atoms with E-state index in [9.17, 15) is 13.2 Å². The van der Waals surface area contributed by atoms with Gasteiger partial charge in [-0.1, -0.05) is 24.3 Å². The first kappa shape index (κ1) is 13.8. The standard InChI is InChI=1S/C13H15NO4S/c15-13(16)10-11-4-6-12(7-5-11)19(17,18)14-8-2-1-3-9-14/h1-2,4-7H,3,8-10H2,(H,15,16). The van der Waals surface area contributed by atoms with E-state index in [1.54, 1.807) is 12.1 Å². The third-order valence-corrected chi connectivity index (χ3v) is 4.82. The van der Waals surface area contributed by atoms with Crippen molar-refractivity contribution < 1.29 is 18.3 Å². The maximum atomic E-state index is 12.3. The van der Waals surface area contributed by atoms with Crippen LogP contribution in [0.2, 0.25) is 0 Å². The molecule has 0 bridgehead atoms. The SMILES string of the molecule is O=C(O)Cc1ccc(S(=O)(=O)N2CC=CCC2)cc1. The van der Waals surface area contributed by atoms with Crippen molar-refractivity contribution in [2.75, 3.05) is 13.1 Å². The van der Waals surface area contributed by atoms with Crippen LogP contribution in [-0.2, 0) is 21.2 Å². The second kappa shape index (κ2) is 5.54.